The first-order valence-corrected chi connectivity index (χ1v) is 5.82. The number of nitrogens with one attached hydrogen (secondary N) is 1. The summed E-state index contributed by atoms with van der Waals surface area (Å²) in [6.45, 7) is 5.63. The minimum atomic E-state index is -4.36. The largest absolute Gasteiger partial charge is 0.419 e. The van der Waals surface area contributed by atoms with Crippen molar-refractivity contribution in [1.29, 1.82) is 0 Å². The fourth-order valence-electron chi connectivity index (χ4n) is 2.19. The molecule has 1 fully saturated rings. The van der Waals surface area contributed by atoms with Crippen molar-refractivity contribution in [2.75, 3.05) is 24.5 Å². The van der Waals surface area contributed by atoms with E-state index >= 15 is 0 Å². The van der Waals surface area contributed by atoms with Crippen LogP contribution < -0.4 is 10.2 Å². The Morgan fingerprint density at radius 3 is 2.72 bits per heavy atom. The van der Waals surface area contributed by atoms with E-state index in [1.165, 1.54) is 12.3 Å². The van der Waals surface area contributed by atoms with E-state index < -0.39 is 11.7 Å². The lowest BCUT2D eigenvalue weighted by Gasteiger charge is -2.40. The molecule has 100 valence electrons. The average Bonchev–Trinajstić information content (AvgIpc) is 2.26. The van der Waals surface area contributed by atoms with Crippen molar-refractivity contribution in [2.24, 2.45) is 0 Å². The average molecular weight is 259 g/mol. The van der Waals surface area contributed by atoms with Crippen LogP contribution in [-0.2, 0) is 6.18 Å². The summed E-state index contributed by atoms with van der Waals surface area (Å²) in [7, 11) is 0. The first-order chi connectivity index (χ1) is 8.30. The number of aromatic nitrogens is 1. The summed E-state index contributed by atoms with van der Waals surface area (Å²) in [6, 6.07) is 2.40. The zero-order valence-corrected chi connectivity index (χ0v) is 10.4. The fraction of sp³-hybridized carbons (Fsp3) is 0.583. The Bertz CT molecular complexity index is 429. The third-order valence-electron chi connectivity index (χ3n) is 2.96. The van der Waals surface area contributed by atoms with Gasteiger partial charge in [-0.05, 0) is 26.0 Å². The highest BCUT2D eigenvalue weighted by Gasteiger charge is 2.37. The van der Waals surface area contributed by atoms with E-state index in [4.69, 9.17) is 0 Å². The van der Waals surface area contributed by atoms with Crippen molar-refractivity contribution in [1.82, 2.24) is 10.3 Å². The van der Waals surface area contributed by atoms with Crippen LogP contribution in [0.3, 0.4) is 0 Å². The molecular formula is C12H16F3N3. The minimum absolute atomic E-state index is 0.0274. The van der Waals surface area contributed by atoms with E-state index in [9.17, 15) is 13.2 Å². The lowest BCUT2D eigenvalue weighted by molar-refractivity contribution is -0.137. The van der Waals surface area contributed by atoms with Gasteiger partial charge in [0.1, 0.15) is 5.82 Å². The molecule has 0 saturated carbocycles. The second kappa shape index (κ2) is 4.42. The molecule has 18 heavy (non-hydrogen) atoms. The predicted molar refractivity (Wildman–Crippen MR) is 63.5 cm³/mol. The van der Waals surface area contributed by atoms with Crippen LogP contribution in [0.1, 0.15) is 19.4 Å². The van der Waals surface area contributed by atoms with Crippen molar-refractivity contribution in [3.8, 4) is 0 Å². The maximum Gasteiger partial charge on any atom is 0.419 e. The smallest absolute Gasteiger partial charge is 0.353 e. The summed E-state index contributed by atoms with van der Waals surface area (Å²) < 4.78 is 38.7. The van der Waals surface area contributed by atoms with Crippen molar-refractivity contribution in [3.05, 3.63) is 23.9 Å². The van der Waals surface area contributed by atoms with Crippen molar-refractivity contribution in [2.45, 2.75) is 25.6 Å². The highest BCUT2D eigenvalue weighted by Crippen LogP contribution is 2.35. The second-order valence-electron chi connectivity index (χ2n) is 5.10. The molecular weight excluding hydrogens is 243 g/mol. The van der Waals surface area contributed by atoms with Crippen molar-refractivity contribution in [3.63, 3.8) is 0 Å². The number of hydrogen-bond acceptors (Lipinski definition) is 3. The number of halogens is 3. The summed E-state index contributed by atoms with van der Waals surface area (Å²) in [6.07, 6.45) is -2.96. The molecule has 6 heteroatoms. The molecule has 1 aliphatic rings. The third-order valence-corrected chi connectivity index (χ3v) is 2.96. The minimum Gasteiger partial charge on any atom is -0.353 e. The standard InChI is InChI=1S/C12H16F3N3/c1-11(2)8-18(7-6-17-11)10-9(12(13,14)15)4-3-5-16-10/h3-5,17H,6-8H2,1-2H3. The molecule has 1 saturated heterocycles. The van der Waals surface area contributed by atoms with Gasteiger partial charge >= 0.3 is 6.18 Å². The quantitative estimate of drug-likeness (QED) is 0.838. The summed E-state index contributed by atoms with van der Waals surface area (Å²) in [5, 5.41) is 3.27. The van der Waals surface area contributed by atoms with Gasteiger partial charge in [0.2, 0.25) is 0 Å². The zero-order chi connectivity index (χ0) is 13.4. The summed E-state index contributed by atoms with van der Waals surface area (Å²) in [5.74, 6) is 0.0274. The van der Waals surface area contributed by atoms with Crippen LogP contribution in [0.25, 0.3) is 0 Å². The molecule has 0 spiro atoms. The van der Waals surface area contributed by atoms with E-state index in [1.807, 2.05) is 13.8 Å². The van der Waals surface area contributed by atoms with Gasteiger partial charge in [-0.15, -0.1) is 0 Å². The molecule has 0 aliphatic carbocycles. The molecule has 0 unspecified atom stereocenters. The number of nitrogens with zero attached hydrogens (tertiary/aromatic N) is 2. The monoisotopic (exact) mass is 259 g/mol. The van der Waals surface area contributed by atoms with Gasteiger partial charge in [0.15, 0.2) is 0 Å². The summed E-state index contributed by atoms with van der Waals surface area (Å²) in [4.78, 5) is 5.61. The molecule has 2 heterocycles. The second-order valence-corrected chi connectivity index (χ2v) is 5.10. The number of rotatable bonds is 1. The number of pyridine rings is 1. The van der Waals surface area contributed by atoms with Crippen molar-refractivity contribution >= 4 is 5.82 Å². The van der Waals surface area contributed by atoms with Crippen LogP contribution in [-0.4, -0.2) is 30.2 Å². The van der Waals surface area contributed by atoms with Gasteiger partial charge in [0.05, 0.1) is 5.56 Å². The SMILES string of the molecule is CC1(C)CN(c2ncccc2C(F)(F)F)CCN1. The van der Waals surface area contributed by atoms with Gasteiger partial charge in [0, 0.05) is 31.4 Å². The van der Waals surface area contributed by atoms with Crippen LogP contribution in [0.15, 0.2) is 18.3 Å². The highest BCUT2D eigenvalue weighted by molar-refractivity contribution is 5.49. The lowest BCUT2D eigenvalue weighted by atomic mass is 10.0. The molecule has 2 rings (SSSR count). The molecule has 0 aromatic carbocycles. The van der Waals surface area contributed by atoms with Gasteiger partial charge in [-0.3, -0.25) is 0 Å². The number of anilines is 1. The Morgan fingerprint density at radius 1 is 1.39 bits per heavy atom. The maximum absolute atomic E-state index is 12.9. The van der Waals surface area contributed by atoms with Crippen LogP contribution in [0.4, 0.5) is 19.0 Å². The topological polar surface area (TPSA) is 28.2 Å². The van der Waals surface area contributed by atoms with E-state index in [0.29, 0.717) is 19.6 Å². The Labute approximate surface area is 104 Å². The number of alkyl halides is 3. The summed E-state index contributed by atoms with van der Waals surface area (Å²) in [5.41, 5.74) is -0.874. The Kier molecular flexibility index (Phi) is 3.23. The van der Waals surface area contributed by atoms with Gasteiger partial charge < -0.3 is 10.2 Å². The summed E-state index contributed by atoms with van der Waals surface area (Å²) >= 11 is 0. The van der Waals surface area contributed by atoms with Crippen LogP contribution in [0.2, 0.25) is 0 Å². The first-order valence-electron chi connectivity index (χ1n) is 5.82. The molecule has 1 aromatic heterocycles. The normalized spacial score (nSPS) is 19.9. The van der Waals surface area contributed by atoms with Gasteiger partial charge in [-0.25, -0.2) is 4.98 Å². The molecule has 3 nitrogen and oxygen atoms in total. The number of piperazine rings is 1. The third kappa shape index (κ3) is 2.75. The van der Waals surface area contributed by atoms with Crippen molar-refractivity contribution < 1.29 is 13.2 Å². The van der Waals surface area contributed by atoms with E-state index in [-0.39, 0.29) is 11.4 Å². The highest BCUT2D eigenvalue weighted by atomic mass is 19.4. The van der Waals surface area contributed by atoms with Gasteiger partial charge in [-0.2, -0.15) is 13.2 Å². The Balaban J connectivity index is 2.33. The van der Waals surface area contributed by atoms with E-state index in [1.54, 1.807) is 4.90 Å². The first kappa shape index (κ1) is 13.1. The molecule has 0 bridgehead atoms. The molecule has 0 atom stereocenters. The molecule has 1 N–H and O–H groups in total. The van der Waals surface area contributed by atoms with E-state index in [2.05, 4.69) is 10.3 Å². The fourth-order valence-corrected chi connectivity index (χ4v) is 2.19. The number of hydrogen-bond donors (Lipinski definition) is 1. The lowest BCUT2D eigenvalue weighted by Crippen LogP contribution is -2.57. The van der Waals surface area contributed by atoms with Crippen LogP contribution in [0.5, 0.6) is 0 Å². The molecule has 1 aromatic rings. The van der Waals surface area contributed by atoms with Crippen LogP contribution in [0, 0.1) is 0 Å². The Morgan fingerprint density at radius 2 is 2.11 bits per heavy atom. The maximum atomic E-state index is 12.9. The predicted octanol–water partition coefficient (Wildman–Crippen LogP) is 2.29. The van der Waals surface area contributed by atoms with Crippen LogP contribution >= 0.6 is 0 Å². The molecule has 1 aliphatic heterocycles. The van der Waals surface area contributed by atoms with Gasteiger partial charge in [-0.1, -0.05) is 0 Å². The zero-order valence-electron chi connectivity index (χ0n) is 10.4. The van der Waals surface area contributed by atoms with Gasteiger partial charge in [0.25, 0.3) is 0 Å². The van der Waals surface area contributed by atoms with E-state index in [0.717, 1.165) is 6.07 Å². The molecule has 0 amide bonds. The molecule has 0 radical (unpaired) electrons. The Hall–Kier alpha value is -1.30.